The van der Waals surface area contributed by atoms with Crippen LogP contribution in [-0.2, 0) is 23.0 Å². The van der Waals surface area contributed by atoms with Crippen LogP contribution in [0.1, 0.15) is 57.3 Å². The lowest BCUT2D eigenvalue weighted by Crippen LogP contribution is -2.14. The Morgan fingerprint density at radius 1 is 1.03 bits per heavy atom. The summed E-state index contributed by atoms with van der Waals surface area (Å²) in [5.41, 5.74) is 10.1. The third-order valence-electron chi connectivity index (χ3n) is 5.57. The van der Waals surface area contributed by atoms with Gasteiger partial charge in [-0.2, -0.15) is 0 Å². The van der Waals surface area contributed by atoms with E-state index in [0.717, 1.165) is 34.9 Å². The molecule has 2 aromatic carbocycles. The van der Waals surface area contributed by atoms with Crippen LogP contribution in [0.4, 0.5) is 0 Å². The van der Waals surface area contributed by atoms with Crippen LogP contribution in [-0.4, -0.2) is 9.97 Å². The Morgan fingerprint density at radius 3 is 2.53 bits per heavy atom. The molecule has 1 unspecified atom stereocenters. The second-order valence-electron chi connectivity index (χ2n) is 7.94. The molecule has 0 aliphatic carbocycles. The summed E-state index contributed by atoms with van der Waals surface area (Å²) in [4.78, 5) is 18.9. The van der Waals surface area contributed by atoms with Gasteiger partial charge in [-0.05, 0) is 24.0 Å². The van der Waals surface area contributed by atoms with Crippen LogP contribution in [0.25, 0.3) is 22.2 Å². The Morgan fingerprint density at radius 2 is 1.75 bits per heavy atom. The van der Waals surface area contributed by atoms with Gasteiger partial charge < -0.3 is 15.1 Å². The third kappa shape index (κ3) is 5.46. The Bertz CT molecular complexity index is 1100. The van der Waals surface area contributed by atoms with E-state index < -0.39 is 0 Å². The lowest BCUT2D eigenvalue weighted by molar-refractivity contribution is -0.313. The molecule has 0 radical (unpaired) electrons. The smallest absolute Gasteiger partial charge is 0.212 e. The van der Waals surface area contributed by atoms with Gasteiger partial charge in [0.2, 0.25) is 5.89 Å². The van der Waals surface area contributed by atoms with Crippen molar-refractivity contribution in [2.24, 2.45) is 11.7 Å². The van der Waals surface area contributed by atoms with Crippen molar-refractivity contribution in [3.8, 4) is 11.3 Å². The predicted molar refractivity (Wildman–Crippen MR) is 128 cm³/mol. The molecule has 2 aromatic heterocycles. The van der Waals surface area contributed by atoms with E-state index in [1.807, 2.05) is 54.7 Å². The number of rotatable bonds is 10. The molecule has 4 rings (SSSR count). The summed E-state index contributed by atoms with van der Waals surface area (Å²) in [6.07, 6.45) is 3.81. The summed E-state index contributed by atoms with van der Waals surface area (Å²) in [5.74, 6) is 1.69. The van der Waals surface area contributed by atoms with E-state index in [1.54, 1.807) is 0 Å². The Balaban J connectivity index is 0.00000289. The van der Waals surface area contributed by atoms with Gasteiger partial charge in [0.05, 0.1) is 6.04 Å². The van der Waals surface area contributed by atoms with Crippen molar-refractivity contribution < 1.29 is 14.2 Å². The molecule has 32 heavy (non-hydrogen) atoms. The lowest BCUT2D eigenvalue weighted by atomic mass is 10.00. The van der Waals surface area contributed by atoms with E-state index in [0.29, 0.717) is 29.9 Å². The van der Waals surface area contributed by atoms with E-state index in [-0.39, 0.29) is 20.1 Å². The number of aromatic nitrogens is 2. The molecular formula is C26H33N3O3. The highest BCUT2D eigenvalue weighted by molar-refractivity contribution is 5.94. The number of hydrogen-bond acceptors (Lipinski definition) is 5. The zero-order valence-corrected chi connectivity index (χ0v) is 18.0. The Kier molecular flexibility index (Phi) is 8.22. The lowest BCUT2D eigenvalue weighted by Gasteiger charge is -2.12. The average molecular weight is 436 g/mol. The molecule has 0 fully saturated rings. The number of nitrogens with one attached hydrogen (secondary N) is 1. The highest BCUT2D eigenvalue weighted by Crippen LogP contribution is 2.34. The van der Waals surface area contributed by atoms with Gasteiger partial charge in [-0.25, -0.2) is 14.8 Å². The number of fused-ring (bicyclic) bond motifs is 1. The van der Waals surface area contributed by atoms with Crippen LogP contribution < -0.4 is 5.73 Å². The molecule has 0 saturated heterocycles. The van der Waals surface area contributed by atoms with Crippen LogP contribution in [0.5, 0.6) is 0 Å². The zero-order valence-electron chi connectivity index (χ0n) is 18.0. The maximum absolute atomic E-state index is 6.41. The predicted octanol–water partition coefficient (Wildman–Crippen LogP) is 6.54. The van der Waals surface area contributed by atoms with Gasteiger partial charge in [-0.15, -0.1) is 0 Å². The van der Waals surface area contributed by atoms with Crippen molar-refractivity contribution in [1.29, 1.82) is 0 Å². The molecule has 170 valence electrons. The van der Waals surface area contributed by atoms with Crippen LogP contribution in [0.3, 0.4) is 0 Å². The Labute approximate surface area is 189 Å². The van der Waals surface area contributed by atoms with Crippen LogP contribution >= 0.6 is 0 Å². The number of para-hydroxylation sites is 1. The van der Waals surface area contributed by atoms with Crippen molar-refractivity contribution in [2.45, 2.75) is 53.4 Å². The molecule has 2 atom stereocenters. The van der Waals surface area contributed by atoms with Gasteiger partial charge in [-0.3, -0.25) is 0 Å². The molecular weight excluding hydrogens is 402 g/mol. The van der Waals surface area contributed by atoms with Gasteiger partial charge >= 0.3 is 0 Å². The SMILES string of the molecule is C.CC[C@@H](C)CC(N)c1nc(COOCc2ccccc2)c(-c2c[nH]c3ccccc23)o1. The maximum atomic E-state index is 6.41. The topological polar surface area (TPSA) is 86.3 Å². The summed E-state index contributed by atoms with van der Waals surface area (Å²) in [6, 6.07) is 17.7. The molecule has 0 aliphatic heterocycles. The van der Waals surface area contributed by atoms with Gasteiger partial charge in [0.1, 0.15) is 18.9 Å². The van der Waals surface area contributed by atoms with Crippen molar-refractivity contribution in [3.05, 3.63) is 77.9 Å². The number of oxazole rings is 1. The van der Waals surface area contributed by atoms with E-state index in [1.165, 1.54) is 0 Å². The first-order chi connectivity index (χ1) is 15.2. The average Bonchev–Trinajstić information content (AvgIpc) is 3.41. The summed E-state index contributed by atoms with van der Waals surface area (Å²) in [5, 5.41) is 1.06. The molecule has 0 aliphatic rings. The van der Waals surface area contributed by atoms with Gasteiger partial charge in [0, 0.05) is 22.7 Å². The highest BCUT2D eigenvalue weighted by atomic mass is 17.2. The third-order valence-corrected chi connectivity index (χ3v) is 5.57. The van der Waals surface area contributed by atoms with Gasteiger partial charge in [0.15, 0.2) is 5.76 Å². The normalized spacial score (nSPS) is 13.1. The second-order valence-corrected chi connectivity index (χ2v) is 7.94. The first-order valence-corrected chi connectivity index (χ1v) is 10.8. The number of benzene rings is 2. The first kappa shape index (κ1) is 23.7. The van der Waals surface area contributed by atoms with E-state index in [2.05, 4.69) is 24.9 Å². The first-order valence-electron chi connectivity index (χ1n) is 10.8. The summed E-state index contributed by atoms with van der Waals surface area (Å²) >= 11 is 0. The fourth-order valence-corrected chi connectivity index (χ4v) is 3.58. The minimum atomic E-state index is -0.266. The number of nitrogens with zero attached hydrogens (tertiary/aromatic N) is 1. The standard InChI is InChI=1S/C25H29N3O3.CH4/c1-3-17(2)13-21(26)25-28-23(16-30-29-15-18-9-5-4-6-10-18)24(31-25)20-14-27-22-12-8-7-11-19(20)22;/h4-12,14,17,21,27H,3,13,15-16,26H2,1-2H3;1H4/t17-,21?;/m1./s1. The monoisotopic (exact) mass is 435 g/mol. The van der Waals surface area contributed by atoms with E-state index in [9.17, 15) is 0 Å². The number of H-pyrrole nitrogens is 1. The number of hydrogen-bond donors (Lipinski definition) is 2. The van der Waals surface area contributed by atoms with Crippen molar-refractivity contribution >= 4 is 10.9 Å². The molecule has 0 bridgehead atoms. The molecule has 6 nitrogen and oxygen atoms in total. The molecule has 3 N–H and O–H groups in total. The summed E-state index contributed by atoms with van der Waals surface area (Å²) in [7, 11) is 0. The number of aromatic amines is 1. The van der Waals surface area contributed by atoms with E-state index in [4.69, 9.17) is 24.9 Å². The highest BCUT2D eigenvalue weighted by Gasteiger charge is 2.23. The zero-order chi connectivity index (χ0) is 21.6. The van der Waals surface area contributed by atoms with Crippen LogP contribution in [0, 0.1) is 5.92 Å². The molecule has 0 amide bonds. The van der Waals surface area contributed by atoms with Crippen LogP contribution in [0.15, 0.2) is 65.2 Å². The van der Waals surface area contributed by atoms with Crippen molar-refractivity contribution in [3.63, 3.8) is 0 Å². The Hall–Kier alpha value is -2.93. The van der Waals surface area contributed by atoms with Gasteiger partial charge in [-0.1, -0.05) is 76.2 Å². The van der Waals surface area contributed by atoms with Crippen molar-refractivity contribution in [1.82, 2.24) is 9.97 Å². The van der Waals surface area contributed by atoms with E-state index >= 15 is 0 Å². The minimum absolute atomic E-state index is 0. The van der Waals surface area contributed by atoms with Gasteiger partial charge in [0.25, 0.3) is 0 Å². The number of nitrogens with two attached hydrogens (primary N) is 1. The fraction of sp³-hybridized carbons (Fsp3) is 0.346. The quantitative estimate of drug-likeness (QED) is 0.168. The molecule has 4 aromatic rings. The van der Waals surface area contributed by atoms with Crippen LogP contribution in [0.2, 0.25) is 0 Å². The summed E-state index contributed by atoms with van der Waals surface area (Å²) < 4.78 is 6.20. The maximum Gasteiger partial charge on any atom is 0.212 e. The van der Waals surface area contributed by atoms with Crippen molar-refractivity contribution in [2.75, 3.05) is 0 Å². The summed E-state index contributed by atoms with van der Waals surface area (Å²) in [6.45, 7) is 4.88. The fourth-order valence-electron chi connectivity index (χ4n) is 3.58. The minimum Gasteiger partial charge on any atom is -0.439 e. The molecule has 6 heteroatoms. The molecule has 2 heterocycles. The largest absolute Gasteiger partial charge is 0.439 e. The molecule has 0 saturated carbocycles. The molecule has 0 spiro atoms. The second kappa shape index (κ2) is 11.1.